The Morgan fingerprint density at radius 2 is 2.00 bits per heavy atom. The highest BCUT2D eigenvalue weighted by molar-refractivity contribution is 9.11. The maximum atomic E-state index is 11.4. The summed E-state index contributed by atoms with van der Waals surface area (Å²) >= 11 is 6.44. The van der Waals surface area contributed by atoms with Crippen molar-refractivity contribution in [2.75, 3.05) is 6.61 Å². The number of hydrogen-bond donors (Lipinski definition) is 2. The summed E-state index contributed by atoms with van der Waals surface area (Å²) in [5, 5.41) is 9.54. The molecule has 0 saturated carbocycles. The maximum Gasteiger partial charge on any atom is 0.323 e. The van der Waals surface area contributed by atoms with E-state index in [-0.39, 0.29) is 5.75 Å². The van der Waals surface area contributed by atoms with Crippen LogP contribution in [-0.4, -0.2) is 23.7 Å². The van der Waals surface area contributed by atoms with Crippen molar-refractivity contribution in [3.8, 4) is 5.75 Å². The molecule has 3 N–H and O–H groups in total. The summed E-state index contributed by atoms with van der Waals surface area (Å²) < 4.78 is 5.93. The van der Waals surface area contributed by atoms with Crippen LogP contribution in [0.1, 0.15) is 12.5 Å². The molecule has 0 spiro atoms. The number of benzene rings is 1. The van der Waals surface area contributed by atoms with Crippen LogP contribution in [0.5, 0.6) is 5.75 Å². The largest absolute Gasteiger partial charge is 0.506 e. The molecule has 0 bridgehead atoms. The second-order valence-corrected chi connectivity index (χ2v) is 5.18. The van der Waals surface area contributed by atoms with Crippen LogP contribution in [0.25, 0.3) is 0 Å². The lowest BCUT2D eigenvalue weighted by molar-refractivity contribution is -0.144. The molecule has 17 heavy (non-hydrogen) atoms. The third-order valence-corrected chi connectivity index (χ3v) is 3.33. The molecule has 1 aromatic carbocycles. The Hall–Kier alpha value is -0.590. The number of carbonyl (C=O) groups excluding carboxylic acids is 1. The van der Waals surface area contributed by atoms with E-state index in [2.05, 4.69) is 31.9 Å². The van der Waals surface area contributed by atoms with Crippen LogP contribution in [0, 0.1) is 0 Å². The van der Waals surface area contributed by atoms with Gasteiger partial charge in [0.1, 0.15) is 11.8 Å². The van der Waals surface area contributed by atoms with E-state index in [9.17, 15) is 9.90 Å². The monoisotopic (exact) mass is 365 g/mol. The second kappa shape index (κ2) is 6.37. The lowest BCUT2D eigenvalue weighted by atomic mass is 10.1. The van der Waals surface area contributed by atoms with E-state index in [1.807, 2.05) is 0 Å². The summed E-state index contributed by atoms with van der Waals surface area (Å²) in [6, 6.07) is 2.75. The van der Waals surface area contributed by atoms with E-state index < -0.39 is 12.0 Å². The first-order valence-electron chi connectivity index (χ1n) is 5.04. The molecule has 1 unspecified atom stereocenters. The van der Waals surface area contributed by atoms with Gasteiger partial charge in [0.15, 0.2) is 0 Å². The number of ether oxygens (including phenoxy) is 1. The maximum absolute atomic E-state index is 11.4. The highest BCUT2D eigenvalue weighted by Crippen LogP contribution is 2.33. The van der Waals surface area contributed by atoms with Gasteiger partial charge in [-0.1, -0.05) is 0 Å². The number of carbonyl (C=O) groups is 1. The van der Waals surface area contributed by atoms with Crippen molar-refractivity contribution in [3.05, 3.63) is 26.6 Å². The summed E-state index contributed by atoms with van der Waals surface area (Å²) in [6.07, 6.45) is 0.357. The first-order valence-corrected chi connectivity index (χ1v) is 6.63. The quantitative estimate of drug-likeness (QED) is 0.802. The fourth-order valence-corrected chi connectivity index (χ4v) is 2.60. The zero-order valence-corrected chi connectivity index (χ0v) is 12.4. The summed E-state index contributed by atoms with van der Waals surface area (Å²) in [5.74, 6) is -0.300. The molecule has 4 nitrogen and oxygen atoms in total. The van der Waals surface area contributed by atoms with Crippen molar-refractivity contribution in [1.82, 2.24) is 0 Å². The Balaban J connectivity index is 2.78. The molecule has 1 atom stereocenters. The minimum Gasteiger partial charge on any atom is -0.506 e. The molecule has 0 amide bonds. The average Bonchev–Trinajstić information content (AvgIpc) is 2.26. The number of esters is 1. The van der Waals surface area contributed by atoms with Gasteiger partial charge in [-0.3, -0.25) is 4.79 Å². The van der Waals surface area contributed by atoms with Crippen molar-refractivity contribution in [2.24, 2.45) is 5.73 Å². The number of nitrogens with two attached hydrogens (primary N) is 1. The van der Waals surface area contributed by atoms with Crippen LogP contribution in [-0.2, 0) is 16.0 Å². The number of phenolic OH excluding ortho intramolecular Hbond substituents is 1. The van der Waals surface area contributed by atoms with Gasteiger partial charge in [0.25, 0.3) is 0 Å². The van der Waals surface area contributed by atoms with Crippen molar-refractivity contribution >= 4 is 37.8 Å². The average molecular weight is 367 g/mol. The van der Waals surface area contributed by atoms with Gasteiger partial charge in [0.2, 0.25) is 0 Å². The molecular formula is C11H13Br2NO3. The van der Waals surface area contributed by atoms with Gasteiger partial charge < -0.3 is 15.6 Å². The van der Waals surface area contributed by atoms with E-state index in [4.69, 9.17) is 10.5 Å². The van der Waals surface area contributed by atoms with Crippen LogP contribution < -0.4 is 5.73 Å². The Labute approximate surface area is 116 Å². The molecule has 0 heterocycles. The predicted molar refractivity (Wildman–Crippen MR) is 71.8 cm³/mol. The number of phenols is 1. The Morgan fingerprint density at radius 3 is 2.47 bits per heavy atom. The van der Waals surface area contributed by atoms with Crippen molar-refractivity contribution in [2.45, 2.75) is 19.4 Å². The minimum atomic E-state index is -0.696. The van der Waals surface area contributed by atoms with E-state index >= 15 is 0 Å². The molecule has 94 valence electrons. The molecule has 1 rings (SSSR count). The Bertz CT molecular complexity index is 400. The second-order valence-electron chi connectivity index (χ2n) is 3.47. The van der Waals surface area contributed by atoms with Gasteiger partial charge in [-0.05, 0) is 62.9 Å². The molecule has 0 aliphatic carbocycles. The number of aromatic hydroxyl groups is 1. The fraction of sp³-hybridized carbons (Fsp3) is 0.364. The van der Waals surface area contributed by atoms with E-state index in [0.717, 1.165) is 5.56 Å². The third kappa shape index (κ3) is 3.97. The molecule has 1 aromatic rings. The molecule has 0 radical (unpaired) electrons. The molecule has 6 heteroatoms. The smallest absolute Gasteiger partial charge is 0.323 e. The first-order chi connectivity index (χ1) is 7.95. The van der Waals surface area contributed by atoms with Gasteiger partial charge >= 0.3 is 5.97 Å². The topological polar surface area (TPSA) is 72.5 Å². The number of rotatable bonds is 4. The van der Waals surface area contributed by atoms with Gasteiger partial charge in [-0.2, -0.15) is 0 Å². The molecular weight excluding hydrogens is 354 g/mol. The number of halogens is 2. The lowest BCUT2D eigenvalue weighted by Crippen LogP contribution is -2.34. The third-order valence-electron chi connectivity index (χ3n) is 2.12. The van der Waals surface area contributed by atoms with Crippen LogP contribution in [0.4, 0.5) is 0 Å². The van der Waals surface area contributed by atoms with E-state index in [0.29, 0.717) is 22.0 Å². The van der Waals surface area contributed by atoms with Crippen LogP contribution in [0.3, 0.4) is 0 Å². The van der Waals surface area contributed by atoms with Gasteiger partial charge in [0, 0.05) is 0 Å². The SMILES string of the molecule is CCOC(=O)C(N)Cc1cc(Br)c(O)c(Br)c1. The Kier molecular flexibility index (Phi) is 5.42. The van der Waals surface area contributed by atoms with Gasteiger partial charge in [-0.25, -0.2) is 0 Å². The highest BCUT2D eigenvalue weighted by atomic mass is 79.9. The standard InChI is InChI=1S/C11H13Br2NO3/c1-2-17-11(16)9(14)5-6-3-7(12)10(15)8(13)4-6/h3-4,9,15H,2,5,14H2,1H3. The zero-order valence-electron chi connectivity index (χ0n) is 9.24. The lowest BCUT2D eigenvalue weighted by Gasteiger charge is -2.11. The number of hydrogen-bond acceptors (Lipinski definition) is 4. The molecule has 0 fully saturated rings. The van der Waals surface area contributed by atoms with Gasteiger partial charge in [-0.15, -0.1) is 0 Å². The van der Waals surface area contributed by atoms with Crippen LogP contribution in [0.15, 0.2) is 21.1 Å². The first kappa shape index (κ1) is 14.5. The Morgan fingerprint density at radius 1 is 1.47 bits per heavy atom. The van der Waals surface area contributed by atoms with E-state index in [1.54, 1.807) is 19.1 Å². The summed E-state index contributed by atoms with van der Waals surface area (Å²) in [6.45, 7) is 2.05. The molecule has 0 aliphatic heterocycles. The van der Waals surface area contributed by atoms with E-state index in [1.165, 1.54) is 0 Å². The molecule has 0 saturated heterocycles. The molecule has 0 aliphatic rings. The highest BCUT2D eigenvalue weighted by Gasteiger charge is 2.16. The van der Waals surface area contributed by atoms with Crippen LogP contribution in [0.2, 0.25) is 0 Å². The van der Waals surface area contributed by atoms with Crippen LogP contribution >= 0.6 is 31.9 Å². The van der Waals surface area contributed by atoms with Crippen molar-refractivity contribution in [1.29, 1.82) is 0 Å². The summed E-state index contributed by atoms with van der Waals surface area (Å²) in [4.78, 5) is 11.4. The van der Waals surface area contributed by atoms with Crippen molar-refractivity contribution in [3.63, 3.8) is 0 Å². The normalized spacial score (nSPS) is 12.2. The summed E-state index contributed by atoms with van der Waals surface area (Å²) in [7, 11) is 0. The molecule has 0 aromatic heterocycles. The minimum absolute atomic E-state index is 0.124. The summed E-state index contributed by atoms with van der Waals surface area (Å²) in [5.41, 5.74) is 6.54. The van der Waals surface area contributed by atoms with Crippen molar-refractivity contribution < 1.29 is 14.6 Å². The van der Waals surface area contributed by atoms with Gasteiger partial charge in [0.05, 0.1) is 15.6 Å². The fourth-order valence-electron chi connectivity index (χ4n) is 1.32. The zero-order chi connectivity index (χ0) is 13.0. The predicted octanol–water partition coefficient (Wildman–Crippen LogP) is 2.35.